The van der Waals surface area contributed by atoms with E-state index in [9.17, 15) is 5.11 Å². The number of aryl methyl sites for hydroxylation is 1. The molecule has 3 rings (SSSR count). The minimum Gasteiger partial charge on any atom is -0.392 e. The van der Waals surface area contributed by atoms with Crippen LogP contribution >= 0.6 is 0 Å². The third kappa shape index (κ3) is 3.65. The predicted octanol–water partition coefficient (Wildman–Crippen LogP) is 2.32. The Labute approximate surface area is 125 Å². The summed E-state index contributed by atoms with van der Waals surface area (Å²) < 4.78 is 0. The summed E-state index contributed by atoms with van der Waals surface area (Å²) in [4.78, 5) is 8.74. The van der Waals surface area contributed by atoms with Crippen LogP contribution in [0.15, 0.2) is 36.7 Å². The number of benzene rings is 1. The zero-order valence-corrected chi connectivity index (χ0v) is 12.1. The van der Waals surface area contributed by atoms with Crippen molar-refractivity contribution in [2.75, 3.05) is 6.54 Å². The summed E-state index contributed by atoms with van der Waals surface area (Å²) in [6.45, 7) is 1.20. The molecule has 21 heavy (non-hydrogen) atoms. The zero-order chi connectivity index (χ0) is 14.5. The number of nitrogens with one attached hydrogen (secondary N) is 1. The first kappa shape index (κ1) is 14.2. The molecule has 1 fully saturated rings. The lowest BCUT2D eigenvalue weighted by Gasteiger charge is -2.10. The van der Waals surface area contributed by atoms with Crippen molar-refractivity contribution in [3.8, 4) is 11.3 Å². The highest BCUT2D eigenvalue weighted by Crippen LogP contribution is 2.20. The maximum absolute atomic E-state index is 9.23. The minimum absolute atomic E-state index is 0.0547. The Kier molecular flexibility index (Phi) is 4.58. The summed E-state index contributed by atoms with van der Waals surface area (Å²) in [6, 6.07) is 10.6. The van der Waals surface area contributed by atoms with Gasteiger partial charge in [0.05, 0.1) is 12.3 Å². The van der Waals surface area contributed by atoms with Gasteiger partial charge in [-0.2, -0.15) is 0 Å². The fraction of sp³-hybridized carbons (Fsp3) is 0.412. The fourth-order valence-corrected chi connectivity index (χ4v) is 2.85. The number of hydrogen-bond acceptors (Lipinski definition) is 4. The Morgan fingerprint density at radius 2 is 2.19 bits per heavy atom. The molecule has 1 atom stereocenters. The lowest BCUT2D eigenvalue weighted by Crippen LogP contribution is -2.21. The molecule has 1 aliphatic rings. The topological polar surface area (TPSA) is 58.0 Å². The molecule has 1 aromatic heterocycles. The fourth-order valence-electron chi connectivity index (χ4n) is 2.85. The third-order valence-electron chi connectivity index (χ3n) is 4.04. The van der Waals surface area contributed by atoms with Crippen LogP contribution in [-0.2, 0) is 13.0 Å². The molecule has 0 radical (unpaired) electrons. The summed E-state index contributed by atoms with van der Waals surface area (Å²) >= 11 is 0. The number of aliphatic hydroxyl groups is 1. The molecule has 1 aliphatic heterocycles. The largest absolute Gasteiger partial charge is 0.392 e. The second-order valence-electron chi connectivity index (χ2n) is 5.59. The molecule has 0 spiro atoms. The highest BCUT2D eigenvalue weighted by Gasteiger charge is 2.14. The van der Waals surface area contributed by atoms with Crippen LogP contribution in [0.2, 0.25) is 0 Å². The van der Waals surface area contributed by atoms with Crippen molar-refractivity contribution in [2.24, 2.45) is 0 Å². The molecule has 0 saturated carbocycles. The summed E-state index contributed by atoms with van der Waals surface area (Å²) in [6.07, 6.45) is 6.31. The summed E-state index contributed by atoms with van der Waals surface area (Å²) in [7, 11) is 0. The van der Waals surface area contributed by atoms with Crippen LogP contribution < -0.4 is 5.32 Å². The molecule has 4 heteroatoms. The molecule has 0 unspecified atom stereocenters. The average Bonchev–Trinajstić information content (AvgIpc) is 3.07. The molecule has 0 amide bonds. The Morgan fingerprint density at radius 3 is 3.00 bits per heavy atom. The normalized spacial score (nSPS) is 18.0. The molecule has 110 valence electrons. The van der Waals surface area contributed by atoms with Gasteiger partial charge < -0.3 is 10.4 Å². The SMILES string of the molecule is OCc1cccc(-c2cc(CC[C@H]3CCCN3)ncn2)c1. The van der Waals surface area contributed by atoms with E-state index in [4.69, 9.17) is 0 Å². The van der Waals surface area contributed by atoms with Crippen molar-refractivity contribution in [1.82, 2.24) is 15.3 Å². The van der Waals surface area contributed by atoms with Crippen LogP contribution in [0, 0.1) is 0 Å². The number of aliphatic hydroxyl groups excluding tert-OH is 1. The van der Waals surface area contributed by atoms with E-state index >= 15 is 0 Å². The number of hydrogen-bond donors (Lipinski definition) is 2. The molecule has 2 N–H and O–H groups in total. The predicted molar refractivity (Wildman–Crippen MR) is 82.7 cm³/mol. The van der Waals surface area contributed by atoms with Crippen molar-refractivity contribution in [2.45, 2.75) is 38.3 Å². The lowest BCUT2D eigenvalue weighted by atomic mass is 10.0. The molecule has 4 nitrogen and oxygen atoms in total. The first-order valence-electron chi connectivity index (χ1n) is 7.59. The maximum Gasteiger partial charge on any atom is 0.116 e. The van der Waals surface area contributed by atoms with Gasteiger partial charge in [-0.05, 0) is 49.9 Å². The van der Waals surface area contributed by atoms with E-state index < -0.39 is 0 Å². The minimum atomic E-state index is 0.0547. The van der Waals surface area contributed by atoms with Gasteiger partial charge in [0, 0.05) is 17.3 Å². The first-order valence-corrected chi connectivity index (χ1v) is 7.59. The third-order valence-corrected chi connectivity index (χ3v) is 4.04. The van der Waals surface area contributed by atoms with Crippen molar-refractivity contribution >= 4 is 0 Å². The number of rotatable bonds is 5. The molecular weight excluding hydrogens is 262 g/mol. The van der Waals surface area contributed by atoms with E-state index in [2.05, 4.69) is 21.4 Å². The van der Waals surface area contributed by atoms with E-state index in [0.717, 1.165) is 41.9 Å². The van der Waals surface area contributed by atoms with E-state index in [1.54, 1.807) is 6.33 Å². The van der Waals surface area contributed by atoms with Gasteiger partial charge in [-0.1, -0.05) is 18.2 Å². The van der Waals surface area contributed by atoms with Crippen LogP contribution in [0.25, 0.3) is 11.3 Å². The van der Waals surface area contributed by atoms with Crippen LogP contribution in [0.5, 0.6) is 0 Å². The second-order valence-corrected chi connectivity index (χ2v) is 5.59. The Bertz CT molecular complexity index is 594. The van der Waals surface area contributed by atoms with Crippen molar-refractivity contribution in [3.63, 3.8) is 0 Å². The lowest BCUT2D eigenvalue weighted by molar-refractivity contribution is 0.282. The molecule has 2 heterocycles. The number of nitrogens with zero attached hydrogens (tertiary/aromatic N) is 2. The van der Waals surface area contributed by atoms with Crippen molar-refractivity contribution in [1.29, 1.82) is 0 Å². The monoisotopic (exact) mass is 283 g/mol. The van der Waals surface area contributed by atoms with Gasteiger partial charge in [0.25, 0.3) is 0 Å². The van der Waals surface area contributed by atoms with Gasteiger partial charge in [-0.15, -0.1) is 0 Å². The maximum atomic E-state index is 9.23. The van der Waals surface area contributed by atoms with Crippen LogP contribution in [-0.4, -0.2) is 27.7 Å². The van der Waals surface area contributed by atoms with Gasteiger partial charge in [-0.25, -0.2) is 9.97 Å². The standard InChI is InChI=1S/C17H21N3O/c21-11-13-3-1-4-14(9-13)17-10-16(19-12-20-17)7-6-15-5-2-8-18-15/h1,3-4,9-10,12,15,18,21H,2,5-8,11H2/t15-/m1/s1. The second kappa shape index (κ2) is 6.78. The summed E-state index contributed by atoms with van der Waals surface area (Å²) in [5.74, 6) is 0. The van der Waals surface area contributed by atoms with Gasteiger partial charge in [-0.3, -0.25) is 0 Å². The van der Waals surface area contributed by atoms with Crippen LogP contribution in [0.1, 0.15) is 30.5 Å². The summed E-state index contributed by atoms with van der Waals surface area (Å²) in [5, 5.41) is 12.7. The van der Waals surface area contributed by atoms with Gasteiger partial charge in [0.15, 0.2) is 0 Å². The molecular formula is C17H21N3O. The average molecular weight is 283 g/mol. The Hall–Kier alpha value is -1.78. The summed E-state index contributed by atoms with van der Waals surface area (Å²) in [5.41, 5.74) is 3.95. The quantitative estimate of drug-likeness (QED) is 0.884. The zero-order valence-electron chi connectivity index (χ0n) is 12.1. The molecule has 0 bridgehead atoms. The van der Waals surface area contributed by atoms with Crippen LogP contribution in [0.4, 0.5) is 0 Å². The smallest absolute Gasteiger partial charge is 0.116 e. The van der Waals surface area contributed by atoms with Crippen molar-refractivity contribution < 1.29 is 5.11 Å². The molecule has 1 saturated heterocycles. The van der Waals surface area contributed by atoms with E-state index in [1.807, 2.05) is 24.3 Å². The van der Waals surface area contributed by atoms with Crippen molar-refractivity contribution in [3.05, 3.63) is 47.9 Å². The Morgan fingerprint density at radius 1 is 1.24 bits per heavy atom. The first-order chi connectivity index (χ1) is 10.3. The van der Waals surface area contributed by atoms with E-state index in [1.165, 1.54) is 12.8 Å². The Balaban J connectivity index is 1.72. The van der Waals surface area contributed by atoms with Gasteiger partial charge >= 0.3 is 0 Å². The van der Waals surface area contributed by atoms with Gasteiger partial charge in [0.1, 0.15) is 6.33 Å². The molecule has 1 aromatic carbocycles. The molecule has 2 aromatic rings. The van der Waals surface area contributed by atoms with E-state index in [0.29, 0.717) is 6.04 Å². The highest BCUT2D eigenvalue weighted by atomic mass is 16.3. The van der Waals surface area contributed by atoms with E-state index in [-0.39, 0.29) is 6.61 Å². The van der Waals surface area contributed by atoms with Gasteiger partial charge in [0.2, 0.25) is 0 Å². The number of aromatic nitrogens is 2. The van der Waals surface area contributed by atoms with Crippen LogP contribution in [0.3, 0.4) is 0 Å². The highest BCUT2D eigenvalue weighted by molar-refractivity contribution is 5.60. The molecule has 0 aliphatic carbocycles.